The topological polar surface area (TPSA) is 65.1 Å². The van der Waals surface area contributed by atoms with Crippen LogP contribution in [0.15, 0.2) is 54.0 Å². The van der Waals surface area contributed by atoms with Crippen LogP contribution >= 0.6 is 23.4 Å². The Hall–Kier alpha value is -2.90. The largest absolute Gasteiger partial charge is 0.493 e. The molecular formula is C23H22ClNO5S. The smallest absolute Gasteiger partial charge is 0.293 e. The van der Waals surface area contributed by atoms with Gasteiger partial charge in [-0.15, -0.1) is 6.58 Å². The van der Waals surface area contributed by atoms with E-state index in [0.717, 1.165) is 22.9 Å². The number of nitrogens with zero attached hydrogens (tertiary/aromatic N) is 1. The van der Waals surface area contributed by atoms with E-state index in [2.05, 4.69) is 6.58 Å². The average Bonchev–Trinajstić information content (AvgIpc) is 3.02. The quantitative estimate of drug-likeness (QED) is 0.379. The van der Waals surface area contributed by atoms with Crippen molar-refractivity contribution in [2.45, 2.75) is 6.42 Å². The molecule has 162 valence electrons. The van der Waals surface area contributed by atoms with Crippen LogP contribution in [-0.4, -0.2) is 43.4 Å². The van der Waals surface area contributed by atoms with Gasteiger partial charge in [-0.2, -0.15) is 0 Å². The van der Waals surface area contributed by atoms with Gasteiger partial charge < -0.3 is 14.2 Å². The van der Waals surface area contributed by atoms with E-state index >= 15 is 0 Å². The Labute approximate surface area is 190 Å². The van der Waals surface area contributed by atoms with Gasteiger partial charge in [0.05, 0.1) is 30.7 Å². The third-order valence-electron chi connectivity index (χ3n) is 4.52. The number of para-hydroxylation sites is 1. The summed E-state index contributed by atoms with van der Waals surface area (Å²) in [6.07, 6.45) is 4.00. The number of methoxy groups -OCH3 is 2. The van der Waals surface area contributed by atoms with Gasteiger partial charge in [0.2, 0.25) is 0 Å². The normalized spacial score (nSPS) is 14.8. The number of hydrogen-bond donors (Lipinski definition) is 0. The second kappa shape index (κ2) is 10.4. The third-order valence-corrected chi connectivity index (χ3v) is 5.74. The Morgan fingerprint density at radius 2 is 1.90 bits per heavy atom. The first kappa shape index (κ1) is 22.8. The Morgan fingerprint density at radius 3 is 2.58 bits per heavy atom. The molecule has 1 aliphatic rings. The minimum atomic E-state index is -0.363. The van der Waals surface area contributed by atoms with Crippen molar-refractivity contribution in [2.24, 2.45) is 0 Å². The van der Waals surface area contributed by atoms with Crippen molar-refractivity contribution in [3.8, 4) is 17.2 Å². The van der Waals surface area contributed by atoms with Gasteiger partial charge in [0.1, 0.15) is 12.4 Å². The van der Waals surface area contributed by atoms with E-state index in [1.54, 1.807) is 56.7 Å². The van der Waals surface area contributed by atoms with Gasteiger partial charge in [-0.1, -0.05) is 29.8 Å². The number of rotatable bonds is 9. The third kappa shape index (κ3) is 5.24. The number of amides is 2. The number of halogens is 1. The van der Waals surface area contributed by atoms with E-state index in [1.807, 2.05) is 6.07 Å². The summed E-state index contributed by atoms with van der Waals surface area (Å²) in [7, 11) is 3.12. The number of imide groups is 1. The molecule has 3 rings (SSSR count). The van der Waals surface area contributed by atoms with E-state index in [1.165, 1.54) is 4.90 Å². The monoisotopic (exact) mass is 459 g/mol. The number of carbonyl (C=O) groups is 2. The lowest BCUT2D eigenvalue weighted by atomic mass is 10.0. The van der Waals surface area contributed by atoms with Crippen LogP contribution in [0.4, 0.5) is 4.79 Å². The van der Waals surface area contributed by atoms with Crippen molar-refractivity contribution in [1.82, 2.24) is 4.90 Å². The fourth-order valence-electron chi connectivity index (χ4n) is 3.11. The molecule has 2 aromatic rings. The number of ether oxygens (including phenoxy) is 3. The molecule has 1 saturated heterocycles. The van der Waals surface area contributed by atoms with Crippen molar-refractivity contribution in [3.63, 3.8) is 0 Å². The fourth-order valence-corrected chi connectivity index (χ4v) is 4.17. The van der Waals surface area contributed by atoms with Gasteiger partial charge in [-0.3, -0.25) is 14.5 Å². The van der Waals surface area contributed by atoms with Gasteiger partial charge in [-0.05, 0) is 54.1 Å². The summed E-state index contributed by atoms with van der Waals surface area (Å²) in [6, 6.07) is 10.7. The molecule has 0 atom stereocenters. The molecule has 6 nitrogen and oxygen atoms in total. The van der Waals surface area contributed by atoms with Crippen LogP contribution in [0.3, 0.4) is 0 Å². The van der Waals surface area contributed by atoms with E-state index in [4.69, 9.17) is 25.8 Å². The van der Waals surface area contributed by atoms with Crippen molar-refractivity contribution >= 4 is 40.6 Å². The maximum Gasteiger partial charge on any atom is 0.293 e. The minimum Gasteiger partial charge on any atom is -0.493 e. The number of carbonyl (C=O) groups excluding carboxylic acids is 2. The van der Waals surface area contributed by atoms with Gasteiger partial charge in [0.25, 0.3) is 11.1 Å². The summed E-state index contributed by atoms with van der Waals surface area (Å²) in [5, 5.41) is 0.131. The van der Waals surface area contributed by atoms with Crippen molar-refractivity contribution in [2.75, 3.05) is 27.4 Å². The number of allylic oxidation sites excluding steroid dienone is 1. The Balaban J connectivity index is 1.76. The van der Waals surface area contributed by atoms with Crippen molar-refractivity contribution in [1.29, 1.82) is 0 Å². The summed E-state index contributed by atoms with van der Waals surface area (Å²) in [4.78, 5) is 26.7. The predicted octanol–water partition coefficient (Wildman–Crippen LogP) is 5.20. The van der Waals surface area contributed by atoms with Gasteiger partial charge in [0, 0.05) is 5.56 Å². The molecule has 0 bridgehead atoms. The lowest BCUT2D eigenvalue weighted by Crippen LogP contribution is -2.32. The van der Waals surface area contributed by atoms with Crippen LogP contribution in [-0.2, 0) is 11.2 Å². The van der Waals surface area contributed by atoms with Crippen LogP contribution in [0.25, 0.3) is 6.08 Å². The van der Waals surface area contributed by atoms with Crippen LogP contribution in [0, 0.1) is 0 Å². The van der Waals surface area contributed by atoms with Crippen molar-refractivity contribution < 1.29 is 23.8 Å². The zero-order valence-electron chi connectivity index (χ0n) is 17.2. The highest BCUT2D eigenvalue weighted by Gasteiger charge is 2.35. The standard InChI is InChI=1S/C23H22ClNO5S/c1-4-7-16-12-15(13-19(28-2)21(16)29-3)14-20-22(26)25(23(27)31-20)10-11-30-18-9-6-5-8-17(18)24/h4-6,8-9,12-14H,1,7,10-11H2,2-3H3/b20-14-. The second-order valence-corrected chi connectivity index (χ2v) is 7.92. The Bertz CT molecular complexity index is 1040. The molecule has 0 aromatic heterocycles. The maximum atomic E-state index is 12.8. The predicted molar refractivity (Wildman–Crippen MR) is 123 cm³/mol. The first-order valence-corrected chi connectivity index (χ1v) is 10.7. The summed E-state index contributed by atoms with van der Waals surface area (Å²) >= 11 is 6.95. The highest BCUT2D eigenvalue weighted by molar-refractivity contribution is 8.18. The summed E-state index contributed by atoms with van der Waals surface area (Å²) in [5.74, 6) is 1.30. The maximum absolute atomic E-state index is 12.8. The van der Waals surface area contributed by atoms with Crippen LogP contribution in [0.2, 0.25) is 5.02 Å². The number of benzene rings is 2. The van der Waals surface area contributed by atoms with Gasteiger partial charge in [-0.25, -0.2) is 0 Å². The molecule has 2 aromatic carbocycles. The lowest BCUT2D eigenvalue weighted by molar-refractivity contribution is -0.123. The van der Waals surface area contributed by atoms with E-state index in [9.17, 15) is 9.59 Å². The van der Waals surface area contributed by atoms with Crippen LogP contribution < -0.4 is 14.2 Å². The Kier molecular flexibility index (Phi) is 7.65. The molecule has 0 unspecified atom stereocenters. The second-order valence-electron chi connectivity index (χ2n) is 6.52. The zero-order valence-corrected chi connectivity index (χ0v) is 18.8. The molecule has 0 N–H and O–H groups in total. The van der Waals surface area contributed by atoms with Gasteiger partial charge >= 0.3 is 0 Å². The molecule has 0 radical (unpaired) electrons. The summed E-state index contributed by atoms with van der Waals surface area (Å²) in [5.41, 5.74) is 1.60. The van der Waals surface area contributed by atoms with Gasteiger partial charge in [0.15, 0.2) is 11.5 Å². The average molecular weight is 460 g/mol. The molecule has 31 heavy (non-hydrogen) atoms. The molecule has 2 amide bonds. The first-order chi connectivity index (χ1) is 15.0. The fraction of sp³-hybridized carbons (Fsp3) is 0.217. The minimum absolute atomic E-state index is 0.126. The Morgan fingerprint density at radius 1 is 1.13 bits per heavy atom. The summed E-state index contributed by atoms with van der Waals surface area (Å²) < 4.78 is 16.5. The highest BCUT2D eigenvalue weighted by Crippen LogP contribution is 2.37. The van der Waals surface area contributed by atoms with Crippen LogP contribution in [0.1, 0.15) is 11.1 Å². The first-order valence-electron chi connectivity index (χ1n) is 9.47. The molecule has 0 aliphatic carbocycles. The van der Waals surface area contributed by atoms with E-state index in [0.29, 0.717) is 33.6 Å². The van der Waals surface area contributed by atoms with E-state index < -0.39 is 0 Å². The van der Waals surface area contributed by atoms with E-state index in [-0.39, 0.29) is 24.3 Å². The summed E-state index contributed by atoms with van der Waals surface area (Å²) in [6.45, 7) is 4.04. The van der Waals surface area contributed by atoms with Crippen molar-refractivity contribution in [3.05, 3.63) is 70.1 Å². The zero-order chi connectivity index (χ0) is 22.4. The SMILES string of the molecule is C=CCc1cc(/C=C2\SC(=O)N(CCOc3ccccc3Cl)C2=O)cc(OC)c1OC. The molecule has 0 spiro atoms. The number of hydrogen-bond acceptors (Lipinski definition) is 6. The molecule has 0 saturated carbocycles. The number of thioether (sulfide) groups is 1. The lowest BCUT2D eigenvalue weighted by Gasteiger charge is -2.14. The molecule has 1 aliphatic heterocycles. The molecule has 1 heterocycles. The molecule has 1 fully saturated rings. The molecule has 8 heteroatoms. The molecular weight excluding hydrogens is 438 g/mol. The van der Waals surface area contributed by atoms with Crippen LogP contribution in [0.5, 0.6) is 17.2 Å². The highest BCUT2D eigenvalue weighted by atomic mass is 35.5.